The molecule has 1 N–H and O–H groups in total. The van der Waals surface area contributed by atoms with Gasteiger partial charge in [0.2, 0.25) is 0 Å². The molecule has 0 aliphatic heterocycles. The number of halogens is 4. The molecule has 0 aromatic heterocycles. The first-order chi connectivity index (χ1) is 8.65. The summed E-state index contributed by atoms with van der Waals surface area (Å²) in [6.45, 7) is -1.66. The largest absolute Gasteiger partial charge is 0.544 e. The van der Waals surface area contributed by atoms with Gasteiger partial charge in [-0.1, -0.05) is 0 Å². The van der Waals surface area contributed by atoms with Gasteiger partial charge in [-0.25, -0.2) is 4.79 Å². The van der Waals surface area contributed by atoms with E-state index in [2.05, 4.69) is 4.74 Å². The average molecular weight is 497 g/mol. The molecule has 0 aliphatic carbocycles. The van der Waals surface area contributed by atoms with Gasteiger partial charge in [-0.3, -0.25) is 0 Å². The van der Waals surface area contributed by atoms with Crippen LogP contribution >= 0.6 is 45.2 Å². The van der Waals surface area contributed by atoms with Crippen LogP contribution in [0.4, 0.5) is 8.78 Å². The first kappa shape index (κ1) is 16.3. The zero-order valence-electron chi connectivity index (χ0n) is 8.95. The number of ether oxygens (including phenoxy) is 1. The molecular weight excluding hydrogens is 492 g/mol. The second-order valence-electron chi connectivity index (χ2n) is 3.35. The quantitative estimate of drug-likeness (QED) is 0.499. The van der Waals surface area contributed by atoms with Gasteiger partial charge in [-0.15, -0.1) is 0 Å². The molecule has 0 heterocycles. The van der Waals surface area contributed by atoms with Gasteiger partial charge in [0.1, 0.15) is 17.3 Å². The van der Waals surface area contributed by atoms with Crippen molar-refractivity contribution >= 4 is 57.1 Å². The molecule has 0 unspecified atom stereocenters. The van der Waals surface area contributed by atoms with Gasteiger partial charge < -0.3 is 19.7 Å². The smallest absolute Gasteiger partial charge is 0.343 e. The van der Waals surface area contributed by atoms with Crippen LogP contribution in [0.15, 0.2) is 12.1 Å². The second-order valence-corrected chi connectivity index (χ2v) is 5.76. The van der Waals surface area contributed by atoms with E-state index in [0.717, 1.165) is 0 Å². The molecule has 9 heteroatoms. The van der Waals surface area contributed by atoms with Crippen molar-refractivity contribution < 1.29 is 33.3 Å². The Morgan fingerprint density at radius 3 is 2.42 bits per heavy atom. The molecule has 0 fully saturated rings. The molecule has 0 saturated heterocycles. The number of hydrogen-bond acceptors (Lipinski definition) is 5. The minimum Gasteiger partial charge on any atom is -0.544 e. The zero-order chi connectivity index (χ0) is 14.8. The number of alkyl halides is 2. The monoisotopic (exact) mass is 497 g/mol. The predicted molar refractivity (Wildman–Crippen MR) is 73.8 cm³/mol. The fourth-order valence-electron chi connectivity index (χ4n) is 1.05. The van der Waals surface area contributed by atoms with E-state index < -0.39 is 30.2 Å². The Kier molecular flexibility index (Phi) is 5.29. The van der Waals surface area contributed by atoms with Crippen LogP contribution in [0.2, 0.25) is 0 Å². The number of carboxylic acid groups (broad SMARTS) is 1. The van der Waals surface area contributed by atoms with Crippen molar-refractivity contribution in [1.29, 1.82) is 0 Å². The lowest BCUT2D eigenvalue weighted by atomic mass is 10.2. The molecule has 0 amide bonds. The van der Waals surface area contributed by atoms with Gasteiger partial charge in [0, 0.05) is 7.14 Å². The number of carboxylic acids is 1. The number of aromatic hydroxyl groups is 1. The number of phenols is 1. The predicted octanol–water partition coefficient (Wildman–Crippen LogP) is 1.14. The summed E-state index contributed by atoms with van der Waals surface area (Å²) in [6.07, 6.45) is 0. The summed E-state index contributed by atoms with van der Waals surface area (Å²) in [6, 6.07) is 2.77. The third kappa shape index (κ3) is 4.12. The Bertz CT molecular complexity index is 510. The number of esters is 1. The third-order valence-electron chi connectivity index (χ3n) is 1.92. The Morgan fingerprint density at radius 2 is 1.95 bits per heavy atom. The van der Waals surface area contributed by atoms with Gasteiger partial charge >= 0.3 is 11.9 Å². The first-order valence-corrected chi connectivity index (χ1v) is 6.75. The number of hydrogen-bond donors (Lipinski definition) is 1. The summed E-state index contributed by atoms with van der Waals surface area (Å²) in [4.78, 5) is 21.6. The number of phenolic OH excluding ortho intramolecular Hbond substituents is 1. The Morgan fingerprint density at radius 1 is 1.37 bits per heavy atom. The molecule has 0 aliphatic rings. The normalized spacial score (nSPS) is 11.2. The molecule has 19 heavy (non-hydrogen) atoms. The maximum Gasteiger partial charge on any atom is 0.343 e. The summed E-state index contributed by atoms with van der Waals surface area (Å²) in [5, 5.41) is 19.6. The highest BCUT2D eigenvalue weighted by Gasteiger charge is 2.33. The fraction of sp³-hybridized carbons (Fsp3) is 0.200. The van der Waals surface area contributed by atoms with Crippen LogP contribution in [-0.4, -0.2) is 29.6 Å². The summed E-state index contributed by atoms with van der Waals surface area (Å²) in [5.74, 6) is -8.58. The van der Waals surface area contributed by atoms with Crippen LogP contribution in [-0.2, 0) is 9.53 Å². The molecule has 1 rings (SSSR count). The van der Waals surface area contributed by atoms with Crippen LogP contribution in [0.1, 0.15) is 10.4 Å². The van der Waals surface area contributed by atoms with Crippen molar-refractivity contribution in [1.82, 2.24) is 0 Å². The summed E-state index contributed by atoms with van der Waals surface area (Å²) in [7, 11) is 0. The van der Waals surface area contributed by atoms with Crippen LogP contribution < -0.4 is 5.11 Å². The van der Waals surface area contributed by atoms with E-state index in [1.165, 1.54) is 12.1 Å². The fourth-order valence-corrected chi connectivity index (χ4v) is 3.08. The Balaban J connectivity index is 2.89. The van der Waals surface area contributed by atoms with Crippen molar-refractivity contribution in [2.45, 2.75) is 5.92 Å². The van der Waals surface area contributed by atoms with Gasteiger partial charge in [0.05, 0.1) is 0 Å². The van der Waals surface area contributed by atoms with Crippen molar-refractivity contribution in [3.63, 3.8) is 0 Å². The molecule has 0 atom stereocenters. The van der Waals surface area contributed by atoms with E-state index in [0.29, 0.717) is 7.14 Å². The molecule has 1 aromatic rings. The zero-order valence-corrected chi connectivity index (χ0v) is 13.3. The maximum atomic E-state index is 12.7. The molecule has 1 aromatic carbocycles. The van der Waals surface area contributed by atoms with Crippen LogP contribution in [0, 0.1) is 7.14 Å². The molecule has 5 nitrogen and oxygen atoms in total. The third-order valence-corrected chi connectivity index (χ3v) is 3.40. The molecule has 0 bridgehead atoms. The lowest BCUT2D eigenvalue weighted by molar-refractivity contribution is -0.331. The lowest BCUT2D eigenvalue weighted by Gasteiger charge is -2.17. The van der Waals surface area contributed by atoms with Crippen molar-refractivity contribution in [2.24, 2.45) is 0 Å². The standard InChI is InChI=1S/C10H6F2I2O5/c11-10(12,9(17)18)3-19-8(16)7-5(14)1-4(13)2-6(7)15/h1-2,15H,3H2,(H,17,18)/p-1. The highest BCUT2D eigenvalue weighted by atomic mass is 127. The molecule has 0 spiro atoms. The SMILES string of the molecule is O=C(OCC(F)(F)C(=O)[O-])c1c(O)cc(I)cc1I. The van der Waals surface area contributed by atoms with Crippen molar-refractivity contribution in [2.75, 3.05) is 6.61 Å². The molecule has 0 radical (unpaired) electrons. The van der Waals surface area contributed by atoms with Gasteiger partial charge in [-0.05, 0) is 57.3 Å². The highest BCUT2D eigenvalue weighted by molar-refractivity contribution is 14.1. The van der Waals surface area contributed by atoms with Crippen LogP contribution in [0.25, 0.3) is 0 Å². The van der Waals surface area contributed by atoms with E-state index >= 15 is 0 Å². The van der Waals surface area contributed by atoms with Gasteiger partial charge in [0.25, 0.3) is 0 Å². The Hall–Kier alpha value is -0.720. The van der Waals surface area contributed by atoms with E-state index in [1.54, 1.807) is 22.6 Å². The van der Waals surface area contributed by atoms with Gasteiger partial charge in [0.15, 0.2) is 6.61 Å². The average Bonchev–Trinajstić information content (AvgIpc) is 2.24. The summed E-state index contributed by atoms with van der Waals surface area (Å²) < 4.78 is 30.5. The molecular formula is C10H5F2I2O5-. The number of benzene rings is 1. The van der Waals surface area contributed by atoms with E-state index in [-0.39, 0.29) is 5.56 Å². The Labute approximate surface area is 133 Å². The number of rotatable bonds is 4. The second kappa shape index (κ2) is 6.15. The van der Waals surface area contributed by atoms with Gasteiger partial charge in [-0.2, -0.15) is 8.78 Å². The van der Waals surface area contributed by atoms with E-state index in [4.69, 9.17) is 0 Å². The number of carbonyl (C=O) groups is 2. The first-order valence-electron chi connectivity index (χ1n) is 4.59. The molecule has 0 saturated carbocycles. The van der Waals surface area contributed by atoms with Crippen molar-refractivity contribution in [3.8, 4) is 5.75 Å². The van der Waals surface area contributed by atoms with E-state index in [9.17, 15) is 28.6 Å². The number of aliphatic carboxylic acids is 1. The van der Waals surface area contributed by atoms with Crippen LogP contribution in [0.3, 0.4) is 0 Å². The topological polar surface area (TPSA) is 86.7 Å². The summed E-state index contributed by atoms with van der Waals surface area (Å²) in [5.41, 5.74) is -0.296. The molecule has 104 valence electrons. The van der Waals surface area contributed by atoms with Crippen LogP contribution in [0.5, 0.6) is 5.75 Å². The maximum absolute atomic E-state index is 12.7. The highest BCUT2D eigenvalue weighted by Crippen LogP contribution is 2.27. The van der Waals surface area contributed by atoms with Crippen molar-refractivity contribution in [3.05, 3.63) is 24.8 Å². The van der Waals surface area contributed by atoms with E-state index in [1.807, 2.05) is 22.6 Å². The number of carbonyl (C=O) groups excluding carboxylic acids is 2. The summed E-state index contributed by atoms with van der Waals surface area (Å²) >= 11 is 3.61. The minimum atomic E-state index is -4.28. The lowest BCUT2D eigenvalue weighted by Crippen LogP contribution is -2.45. The minimum absolute atomic E-state index is 0.295.